The fraction of sp³-hybridized carbons (Fsp3) is 0.656. The van der Waals surface area contributed by atoms with Crippen molar-refractivity contribution in [2.24, 2.45) is 33.7 Å². The molecule has 1 aliphatic heterocycles. The van der Waals surface area contributed by atoms with Crippen LogP contribution in [0.1, 0.15) is 93.6 Å². The fourth-order valence-corrected chi connectivity index (χ4v) is 7.82. The number of oxime groups is 1. The summed E-state index contributed by atoms with van der Waals surface area (Å²) in [6.07, 6.45) is 3.35. The third-order valence-electron chi connectivity index (χ3n) is 9.65. The van der Waals surface area contributed by atoms with Crippen LogP contribution < -0.4 is 5.32 Å². The molecule has 4 aliphatic carbocycles. The van der Waals surface area contributed by atoms with Gasteiger partial charge in [0.25, 0.3) is 5.91 Å². The van der Waals surface area contributed by atoms with Crippen molar-refractivity contribution in [1.29, 1.82) is 0 Å². The van der Waals surface area contributed by atoms with E-state index < -0.39 is 35.1 Å². The Bertz CT molecular complexity index is 1200. The topological polar surface area (TPSA) is 77.0 Å². The number of amides is 1. The molecule has 1 aromatic carbocycles. The third-order valence-corrected chi connectivity index (χ3v) is 9.65. The van der Waals surface area contributed by atoms with E-state index in [1.165, 1.54) is 38.5 Å². The van der Waals surface area contributed by atoms with E-state index in [4.69, 9.17) is 9.57 Å². The van der Waals surface area contributed by atoms with E-state index in [1.54, 1.807) is 6.92 Å². The van der Waals surface area contributed by atoms with Crippen LogP contribution >= 0.6 is 0 Å². The molecule has 1 aromatic rings. The highest BCUT2D eigenvalue weighted by Gasteiger charge is 2.51. The first-order valence-corrected chi connectivity index (χ1v) is 14.8. The van der Waals surface area contributed by atoms with Gasteiger partial charge in [-0.15, -0.1) is 0 Å². The number of carbonyl (C=O) groups excluding carboxylic acids is 2. The van der Waals surface area contributed by atoms with Crippen LogP contribution in [0.5, 0.6) is 0 Å². The summed E-state index contributed by atoms with van der Waals surface area (Å²) in [5.41, 5.74) is -0.462. The molecule has 6 nitrogen and oxygen atoms in total. The Hall–Kier alpha value is -2.84. The number of ether oxygens (including phenoxy) is 1. The lowest BCUT2D eigenvalue weighted by Crippen LogP contribution is -2.48. The molecule has 4 saturated carbocycles. The lowest BCUT2D eigenvalue weighted by molar-refractivity contribution is -0.143. The number of nitrogens with one attached hydrogen (secondary N) is 1. The van der Waals surface area contributed by atoms with E-state index in [0.29, 0.717) is 19.4 Å². The Morgan fingerprint density at radius 1 is 1.10 bits per heavy atom. The smallest absolute Gasteiger partial charge is 0.416 e. The van der Waals surface area contributed by atoms with E-state index in [-0.39, 0.29) is 35.1 Å². The lowest BCUT2D eigenvalue weighted by atomic mass is 9.50. The van der Waals surface area contributed by atoms with E-state index in [1.807, 2.05) is 13.8 Å². The summed E-state index contributed by atoms with van der Waals surface area (Å²) in [6.45, 7) is 10.2. The van der Waals surface area contributed by atoms with Gasteiger partial charge in [-0.1, -0.05) is 25.6 Å². The van der Waals surface area contributed by atoms with Crippen molar-refractivity contribution in [2.75, 3.05) is 13.2 Å². The standard InChI is InChI=1S/C32H41F3N2O4/c1-19-9-24-13-25(32(33,34)35)6-7-26(24)28(38)36-17-30(3,4)27(8-5-20(2)41-29(19)39)37-40-18-31-14-21-10-22(15-31)12-23(11-21)16-31/h6-7,13,20-23H,1,5,8-12,14-18H2,2-4H3,(H,36,38)/b37-27+. The molecule has 0 radical (unpaired) electrons. The number of hydrogen-bond acceptors (Lipinski definition) is 5. The second-order valence-corrected chi connectivity index (χ2v) is 13.7. The molecule has 6 rings (SSSR count). The maximum absolute atomic E-state index is 13.4. The molecule has 1 N–H and O–H groups in total. The number of esters is 1. The van der Waals surface area contributed by atoms with Gasteiger partial charge in [0.2, 0.25) is 0 Å². The number of hydrogen-bond donors (Lipinski definition) is 1. The number of cyclic esters (lactones) is 1. The highest BCUT2D eigenvalue weighted by molar-refractivity contribution is 5.97. The maximum atomic E-state index is 13.4. The van der Waals surface area contributed by atoms with Gasteiger partial charge in [-0.3, -0.25) is 4.79 Å². The number of benzene rings is 1. The second kappa shape index (κ2) is 11.1. The Balaban J connectivity index is 1.37. The molecule has 4 bridgehead atoms. The fourth-order valence-electron chi connectivity index (χ4n) is 7.82. The Morgan fingerprint density at radius 3 is 2.34 bits per heavy atom. The average molecular weight is 575 g/mol. The zero-order valence-corrected chi connectivity index (χ0v) is 24.2. The van der Waals surface area contributed by atoms with Gasteiger partial charge in [0, 0.05) is 34.9 Å². The molecule has 4 fully saturated rings. The third kappa shape index (κ3) is 6.64. The Morgan fingerprint density at radius 2 is 1.73 bits per heavy atom. The van der Waals surface area contributed by atoms with Gasteiger partial charge >= 0.3 is 12.1 Å². The van der Waals surface area contributed by atoms with Crippen molar-refractivity contribution < 1.29 is 32.3 Å². The van der Waals surface area contributed by atoms with Gasteiger partial charge in [0.1, 0.15) is 6.61 Å². The highest BCUT2D eigenvalue weighted by Crippen LogP contribution is 2.60. The predicted octanol–water partition coefficient (Wildman–Crippen LogP) is 6.87. The molecule has 224 valence electrons. The number of carbonyl (C=O) groups is 2. The van der Waals surface area contributed by atoms with Crippen LogP contribution in [0.3, 0.4) is 0 Å². The molecule has 0 spiro atoms. The predicted molar refractivity (Wildman–Crippen MR) is 149 cm³/mol. The minimum atomic E-state index is -4.59. The molecular formula is C32H41F3N2O4. The number of nitrogens with zero attached hydrogens (tertiary/aromatic N) is 1. The second-order valence-electron chi connectivity index (χ2n) is 13.7. The molecule has 1 heterocycles. The zero-order valence-electron chi connectivity index (χ0n) is 24.2. The summed E-state index contributed by atoms with van der Waals surface area (Å²) in [6, 6.07) is 2.93. The number of fused-ring (bicyclic) bond motifs is 1. The van der Waals surface area contributed by atoms with Crippen molar-refractivity contribution in [1.82, 2.24) is 5.32 Å². The average Bonchev–Trinajstić information content (AvgIpc) is 2.87. The number of rotatable bonds is 3. The van der Waals surface area contributed by atoms with Crippen LogP contribution in [-0.2, 0) is 27.0 Å². The van der Waals surface area contributed by atoms with Gasteiger partial charge < -0.3 is 14.9 Å². The summed E-state index contributed by atoms with van der Waals surface area (Å²) < 4.78 is 45.9. The maximum Gasteiger partial charge on any atom is 0.416 e. The normalized spacial score (nSPS) is 33.1. The molecule has 9 heteroatoms. The van der Waals surface area contributed by atoms with E-state index in [2.05, 4.69) is 17.1 Å². The van der Waals surface area contributed by atoms with E-state index >= 15 is 0 Å². The summed E-state index contributed by atoms with van der Waals surface area (Å²) in [7, 11) is 0. The van der Waals surface area contributed by atoms with Crippen LogP contribution in [-0.4, -0.2) is 36.8 Å². The quantitative estimate of drug-likeness (QED) is 0.243. The summed E-state index contributed by atoms with van der Waals surface area (Å²) in [5, 5.41) is 7.53. The summed E-state index contributed by atoms with van der Waals surface area (Å²) >= 11 is 0. The molecule has 1 atom stereocenters. The van der Waals surface area contributed by atoms with Crippen LogP contribution in [0, 0.1) is 28.6 Å². The molecule has 1 amide bonds. The minimum Gasteiger partial charge on any atom is -0.459 e. The van der Waals surface area contributed by atoms with Gasteiger partial charge in [-0.05, 0) is 99.8 Å². The lowest BCUT2D eigenvalue weighted by Gasteiger charge is -2.56. The first-order valence-electron chi connectivity index (χ1n) is 14.8. The Labute approximate surface area is 240 Å². The molecule has 1 unspecified atom stereocenters. The first kappa shape index (κ1) is 29.6. The monoisotopic (exact) mass is 574 g/mol. The van der Waals surface area contributed by atoms with Gasteiger partial charge in [-0.25, -0.2) is 4.79 Å². The number of alkyl halides is 3. The van der Waals surface area contributed by atoms with Gasteiger partial charge in [0.05, 0.1) is 17.4 Å². The van der Waals surface area contributed by atoms with Crippen molar-refractivity contribution in [3.63, 3.8) is 0 Å². The van der Waals surface area contributed by atoms with E-state index in [9.17, 15) is 22.8 Å². The SMILES string of the molecule is C=C1Cc2cc(C(F)(F)F)ccc2C(=O)NCC(C)(C)/C(=N/OCC23CC4CC(CC(C4)C2)C3)CCC(C)OC1=O. The van der Waals surface area contributed by atoms with E-state index in [0.717, 1.165) is 41.7 Å². The largest absolute Gasteiger partial charge is 0.459 e. The van der Waals surface area contributed by atoms with Crippen molar-refractivity contribution in [2.45, 2.75) is 90.8 Å². The van der Waals surface area contributed by atoms with Crippen LogP contribution in [0.15, 0.2) is 35.5 Å². The molecular weight excluding hydrogens is 533 g/mol. The highest BCUT2D eigenvalue weighted by atomic mass is 19.4. The summed E-state index contributed by atoms with van der Waals surface area (Å²) in [5.74, 6) is 1.19. The molecule has 0 aromatic heterocycles. The van der Waals surface area contributed by atoms with Crippen LogP contribution in [0.25, 0.3) is 0 Å². The Kier molecular flexibility index (Phi) is 8.03. The molecule has 5 aliphatic rings. The van der Waals surface area contributed by atoms with Crippen molar-refractivity contribution in [3.05, 3.63) is 47.0 Å². The zero-order chi connectivity index (χ0) is 29.6. The number of halogens is 3. The first-order chi connectivity index (χ1) is 19.2. The molecule has 0 saturated heterocycles. The van der Waals surface area contributed by atoms with Crippen molar-refractivity contribution >= 4 is 17.6 Å². The van der Waals surface area contributed by atoms with Gasteiger partial charge in [0.15, 0.2) is 0 Å². The minimum absolute atomic E-state index is 0.0181. The van der Waals surface area contributed by atoms with Gasteiger partial charge in [-0.2, -0.15) is 13.2 Å². The van der Waals surface area contributed by atoms with Crippen molar-refractivity contribution in [3.8, 4) is 0 Å². The summed E-state index contributed by atoms with van der Waals surface area (Å²) in [4.78, 5) is 32.1. The van der Waals surface area contributed by atoms with Crippen LogP contribution in [0.4, 0.5) is 13.2 Å². The molecule has 41 heavy (non-hydrogen) atoms. The van der Waals surface area contributed by atoms with Crippen LogP contribution in [0.2, 0.25) is 0 Å².